The molecule has 0 radical (unpaired) electrons. The van der Waals surface area contributed by atoms with Crippen LogP contribution in [-0.4, -0.2) is 41.0 Å². The molecule has 6 nitrogen and oxygen atoms in total. The molecule has 2 N–H and O–H groups in total. The summed E-state index contributed by atoms with van der Waals surface area (Å²) in [5.74, 6) is 0.407. The van der Waals surface area contributed by atoms with Crippen LogP contribution in [0.25, 0.3) is 0 Å². The van der Waals surface area contributed by atoms with Gasteiger partial charge in [0.1, 0.15) is 11.9 Å². The van der Waals surface area contributed by atoms with Crippen molar-refractivity contribution in [2.24, 2.45) is 17.8 Å². The van der Waals surface area contributed by atoms with Crippen LogP contribution in [0.4, 0.5) is 0 Å². The van der Waals surface area contributed by atoms with Crippen molar-refractivity contribution in [1.29, 1.82) is 0 Å². The molecule has 3 rings (SSSR count). The number of fused-ring (bicyclic) bond motifs is 2. The van der Waals surface area contributed by atoms with Crippen molar-refractivity contribution in [2.75, 3.05) is 6.61 Å². The number of aliphatic carboxylic acids is 1. The first-order valence-corrected chi connectivity index (χ1v) is 11.7. The highest BCUT2D eigenvalue weighted by molar-refractivity contribution is 5.68. The van der Waals surface area contributed by atoms with E-state index in [0.717, 1.165) is 63.4 Å². The number of carbonyl (C=O) groups excluding carboxylic acids is 1. The molecule has 0 unspecified atom stereocenters. The molecule has 1 saturated carbocycles. The van der Waals surface area contributed by atoms with Gasteiger partial charge in [0, 0.05) is 6.92 Å². The Balaban J connectivity index is 1.65. The smallest absolute Gasteiger partial charge is 0.341 e. The topological polar surface area (TPSA) is 93.1 Å². The quantitative estimate of drug-likeness (QED) is 0.403. The van der Waals surface area contributed by atoms with Gasteiger partial charge >= 0.3 is 11.9 Å². The second-order valence-electron chi connectivity index (χ2n) is 9.18. The van der Waals surface area contributed by atoms with Gasteiger partial charge in [-0.25, -0.2) is 4.79 Å². The van der Waals surface area contributed by atoms with Crippen LogP contribution in [0.2, 0.25) is 0 Å². The van der Waals surface area contributed by atoms with Gasteiger partial charge in [0.05, 0.1) is 6.10 Å². The van der Waals surface area contributed by atoms with Crippen molar-refractivity contribution in [2.45, 2.75) is 83.8 Å². The van der Waals surface area contributed by atoms with Crippen LogP contribution >= 0.6 is 0 Å². The van der Waals surface area contributed by atoms with Gasteiger partial charge in [-0.3, -0.25) is 4.79 Å². The normalized spacial score (nSPS) is 25.4. The minimum Gasteiger partial charge on any atom is -0.482 e. The predicted octanol–water partition coefficient (Wildman–Crippen LogP) is 4.15. The summed E-state index contributed by atoms with van der Waals surface area (Å²) in [5.41, 5.74) is 2.29. The van der Waals surface area contributed by atoms with E-state index >= 15 is 0 Å². The number of carboxylic acids is 1. The molecule has 31 heavy (non-hydrogen) atoms. The molecule has 0 aromatic heterocycles. The number of benzene rings is 1. The Morgan fingerprint density at radius 3 is 2.71 bits per heavy atom. The van der Waals surface area contributed by atoms with Gasteiger partial charge < -0.3 is 19.7 Å². The monoisotopic (exact) mass is 432 g/mol. The number of carbonyl (C=O) groups is 2. The SMILES string of the molecule is CCCCC[C@@H](CC[C@@H]1[C@H]2Cc3cccc(OCC(=O)O)c3C[C@H]2C[C@H]1O)OC(C)=O. The summed E-state index contributed by atoms with van der Waals surface area (Å²) in [7, 11) is 0. The molecule has 2 aliphatic carbocycles. The lowest BCUT2D eigenvalue weighted by molar-refractivity contribution is -0.147. The second kappa shape index (κ2) is 11.0. The minimum atomic E-state index is -0.982. The van der Waals surface area contributed by atoms with Gasteiger partial charge in [0.2, 0.25) is 0 Å². The zero-order valence-electron chi connectivity index (χ0n) is 18.7. The van der Waals surface area contributed by atoms with Crippen LogP contribution in [0.15, 0.2) is 18.2 Å². The van der Waals surface area contributed by atoms with Crippen molar-refractivity contribution in [1.82, 2.24) is 0 Å². The molecular weight excluding hydrogens is 396 g/mol. The molecule has 2 aliphatic rings. The molecule has 0 aliphatic heterocycles. The molecule has 0 heterocycles. The zero-order valence-corrected chi connectivity index (χ0v) is 18.7. The highest BCUT2D eigenvalue weighted by Crippen LogP contribution is 2.48. The first-order chi connectivity index (χ1) is 14.9. The summed E-state index contributed by atoms with van der Waals surface area (Å²) in [5, 5.41) is 19.8. The Labute approximate surface area is 184 Å². The first-order valence-electron chi connectivity index (χ1n) is 11.7. The number of esters is 1. The van der Waals surface area contributed by atoms with E-state index in [1.165, 1.54) is 12.5 Å². The van der Waals surface area contributed by atoms with Crippen LogP contribution in [0, 0.1) is 17.8 Å². The van der Waals surface area contributed by atoms with Gasteiger partial charge in [-0.2, -0.15) is 0 Å². The molecule has 1 aromatic rings. The van der Waals surface area contributed by atoms with E-state index in [1.807, 2.05) is 12.1 Å². The van der Waals surface area contributed by atoms with Crippen LogP contribution in [0.1, 0.15) is 69.9 Å². The summed E-state index contributed by atoms with van der Waals surface area (Å²) in [4.78, 5) is 22.4. The van der Waals surface area contributed by atoms with Crippen molar-refractivity contribution in [3.8, 4) is 5.75 Å². The number of carboxylic acid groups (broad SMARTS) is 1. The van der Waals surface area contributed by atoms with E-state index in [0.29, 0.717) is 17.6 Å². The fourth-order valence-corrected chi connectivity index (χ4v) is 5.58. The van der Waals surface area contributed by atoms with Crippen LogP contribution in [-0.2, 0) is 27.2 Å². The Hall–Kier alpha value is -2.08. The van der Waals surface area contributed by atoms with E-state index in [4.69, 9.17) is 14.6 Å². The molecule has 1 fully saturated rings. The first kappa shape index (κ1) is 23.6. The molecule has 5 atom stereocenters. The van der Waals surface area contributed by atoms with E-state index in [1.54, 1.807) is 0 Å². The lowest BCUT2D eigenvalue weighted by Gasteiger charge is -2.32. The van der Waals surface area contributed by atoms with E-state index in [9.17, 15) is 14.7 Å². The zero-order chi connectivity index (χ0) is 22.4. The number of hydrogen-bond donors (Lipinski definition) is 2. The second-order valence-corrected chi connectivity index (χ2v) is 9.18. The maximum absolute atomic E-state index is 11.5. The Bertz CT molecular complexity index is 760. The van der Waals surface area contributed by atoms with Gasteiger partial charge in [-0.15, -0.1) is 0 Å². The Morgan fingerprint density at radius 1 is 1.19 bits per heavy atom. The largest absolute Gasteiger partial charge is 0.482 e. The summed E-state index contributed by atoms with van der Waals surface area (Å²) in [6.07, 6.45) is 7.90. The molecule has 6 heteroatoms. The van der Waals surface area contributed by atoms with E-state index < -0.39 is 5.97 Å². The molecule has 1 aromatic carbocycles. The number of rotatable bonds is 11. The fourth-order valence-electron chi connectivity index (χ4n) is 5.58. The molecule has 172 valence electrons. The van der Waals surface area contributed by atoms with E-state index in [-0.39, 0.29) is 30.7 Å². The van der Waals surface area contributed by atoms with Gasteiger partial charge in [-0.05, 0) is 79.9 Å². The van der Waals surface area contributed by atoms with Crippen molar-refractivity contribution in [3.63, 3.8) is 0 Å². The predicted molar refractivity (Wildman–Crippen MR) is 117 cm³/mol. The Morgan fingerprint density at radius 2 is 2.00 bits per heavy atom. The average Bonchev–Trinajstić information content (AvgIpc) is 3.02. The molecular formula is C25H36O6. The summed E-state index contributed by atoms with van der Waals surface area (Å²) < 4.78 is 11.1. The molecule has 0 bridgehead atoms. The van der Waals surface area contributed by atoms with E-state index in [2.05, 4.69) is 13.0 Å². The maximum atomic E-state index is 11.5. The standard InChI is InChI=1S/C25H36O6/c1-3-4-5-8-19(31-16(2)26)10-11-20-21-12-17-7-6-9-24(30-15-25(28)29)22(17)13-18(21)14-23(20)27/h6-7,9,18-21,23,27H,3-5,8,10-15H2,1-2H3,(H,28,29)/t18-,19-,20+,21-,23+/m0/s1. The number of aliphatic hydroxyl groups excluding tert-OH is 1. The number of ether oxygens (including phenoxy) is 2. The lowest BCUT2D eigenvalue weighted by Crippen LogP contribution is -2.28. The number of unbranched alkanes of at least 4 members (excludes halogenated alkanes) is 2. The van der Waals surface area contributed by atoms with Crippen molar-refractivity contribution in [3.05, 3.63) is 29.3 Å². The number of hydrogen-bond acceptors (Lipinski definition) is 5. The Kier molecular flexibility index (Phi) is 8.35. The summed E-state index contributed by atoms with van der Waals surface area (Å²) >= 11 is 0. The van der Waals surface area contributed by atoms with Crippen molar-refractivity contribution >= 4 is 11.9 Å². The minimum absolute atomic E-state index is 0.0674. The van der Waals surface area contributed by atoms with Crippen LogP contribution in [0.3, 0.4) is 0 Å². The molecule has 0 saturated heterocycles. The lowest BCUT2D eigenvalue weighted by atomic mass is 9.73. The van der Waals surface area contributed by atoms with Gasteiger partial charge in [0.25, 0.3) is 0 Å². The molecule has 0 spiro atoms. The molecule has 0 amide bonds. The maximum Gasteiger partial charge on any atom is 0.341 e. The third kappa shape index (κ3) is 6.22. The average molecular weight is 433 g/mol. The summed E-state index contributed by atoms with van der Waals surface area (Å²) in [6, 6.07) is 5.85. The van der Waals surface area contributed by atoms with Crippen LogP contribution < -0.4 is 4.74 Å². The van der Waals surface area contributed by atoms with Crippen molar-refractivity contribution < 1.29 is 29.3 Å². The summed E-state index contributed by atoms with van der Waals surface area (Å²) in [6.45, 7) is 3.29. The fraction of sp³-hybridized carbons (Fsp3) is 0.680. The number of aliphatic hydroxyl groups is 1. The van der Waals surface area contributed by atoms with Crippen LogP contribution in [0.5, 0.6) is 5.75 Å². The van der Waals surface area contributed by atoms with Gasteiger partial charge in [0.15, 0.2) is 6.61 Å². The third-order valence-electron chi connectivity index (χ3n) is 6.98. The highest BCUT2D eigenvalue weighted by Gasteiger charge is 2.45. The van der Waals surface area contributed by atoms with Gasteiger partial charge in [-0.1, -0.05) is 31.9 Å². The highest BCUT2D eigenvalue weighted by atomic mass is 16.5. The third-order valence-corrected chi connectivity index (χ3v) is 6.98.